The number of nitrogens with two attached hydrogens (primary N) is 1. The zero-order chi connectivity index (χ0) is 16.2. The van der Waals surface area contributed by atoms with Crippen molar-refractivity contribution in [3.63, 3.8) is 0 Å². The van der Waals surface area contributed by atoms with Crippen LogP contribution >= 0.6 is 0 Å². The van der Waals surface area contributed by atoms with Gasteiger partial charge in [-0.15, -0.1) is 0 Å². The highest BCUT2D eigenvalue weighted by molar-refractivity contribution is 5.96. The standard InChI is InChI=1S/C17H25F2NO/c1-11-5-7-13(16(19)15(11)18)14(21)8-6-12(9-10-20)17(2,3)4/h5,7,12H,6,8-10,20H2,1-4H3. The average molecular weight is 297 g/mol. The Labute approximate surface area is 125 Å². The van der Waals surface area contributed by atoms with Crippen LogP contribution < -0.4 is 5.73 Å². The summed E-state index contributed by atoms with van der Waals surface area (Å²) < 4.78 is 27.3. The summed E-state index contributed by atoms with van der Waals surface area (Å²) in [7, 11) is 0. The number of Topliss-reactive ketones (excluding diaryl/α,β-unsaturated/α-hetero) is 1. The maximum absolute atomic E-state index is 13.8. The van der Waals surface area contributed by atoms with Gasteiger partial charge in [0.1, 0.15) is 0 Å². The van der Waals surface area contributed by atoms with Crippen molar-refractivity contribution in [3.8, 4) is 0 Å². The van der Waals surface area contributed by atoms with Gasteiger partial charge in [0.25, 0.3) is 0 Å². The molecule has 4 heteroatoms. The Morgan fingerprint density at radius 3 is 2.33 bits per heavy atom. The van der Waals surface area contributed by atoms with E-state index in [4.69, 9.17) is 5.73 Å². The van der Waals surface area contributed by atoms with Gasteiger partial charge < -0.3 is 5.73 Å². The third-order valence-corrected chi connectivity index (χ3v) is 4.04. The van der Waals surface area contributed by atoms with E-state index in [9.17, 15) is 13.6 Å². The molecule has 1 aromatic carbocycles. The fourth-order valence-electron chi connectivity index (χ4n) is 2.51. The Morgan fingerprint density at radius 1 is 1.19 bits per heavy atom. The molecule has 0 aliphatic rings. The lowest BCUT2D eigenvalue weighted by Gasteiger charge is -2.30. The smallest absolute Gasteiger partial charge is 0.169 e. The molecule has 0 saturated heterocycles. The molecule has 0 amide bonds. The van der Waals surface area contributed by atoms with E-state index in [1.165, 1.54) is 19.1 Å². The van der Waals surface area contributed by atoms with Gasteiger partial charge in [0.15, 0.2) is 17.4 Å². The largest absolute Gasteiger partial charge is 0.330 e. The second kappa shape index (κ2) is 7.12. The molecule has 2 N–H and O–H groups in total. The van der Waals surface area contributed by atoms with Crippen LogP contribution in [0.2, 0.25) is 0 Å². The van der Waals surface area contributed by atoms with Crippen LogP contribution in [0.15, 0.2) is 12.1 Å². The second-order valence-corrected chi connectivity index (χ2v) is 6.66. The molecule has 0 radical (unpaired) electrons. The number of ketones is 1. The molecular weight excluding hydrogens is 272 g/mol. The van der Waals surface area contributed by atoms with Crippen LogP contribution in [0.4, 0.5) is 8.78 Å². The van der Waals surface area contributed by atoms with Gasteiger partial charge in [-0.25, -0.2) is 8.78 Å². The van der Waals surface area contributed by atoms with Gasteiger partial charge in [0, 0.05) is 6.42 Å². The summed E-state index contributed by atoms with van der Waals surface area (Å²) in [4.78, 5) is 12.1. The summed E-state index contributed by atoms with van der Waals surface area (Å²) in [6.45, 7) is 8.34. The molecule has 21 heavy (non-hydrogen) atoms. The fraction of sp³-hybridized carbons (Fsp3) is 0.588. The van der Waals surface area contributed by atoms with Crippen molar-refractivity contribution in [1.29, 1.82) is 0 Å². The van der Waals surface area contributed by atoms with E-state index in [0.29, 0.717) is 13.0 Å². The van der Waals surface area contributed by atoms with E-state index >= 15 is 0 Å². The van der Waals surface area contributed by atoms with Gasteiger partial charge >= 0.3 is 0 Å². The Hall–Kier alpha value is -1.29. The van der Waals surface area contributed by atoms with Crippen LogP contribution in [0, 0.1) is 29.9 Å². The summed E-state index contributed by atoms with van der Waals surface area (Å²) in [5, 5.41) is 0. The van der Waals surface area contributed by atoms with E-state index in [2.05, 4.69) is 20.8 Å². The molecule has 1 unspecified atom stereocenters. The molecule has 118 valence electrons. The number of carbonyl (C=O) groups is 1. The minimum atomic E-state index is -1.04. The third-order valence-electron chi connectivity index (χ3n) is 4.04. The Morgan fingerprint density at radius 2 is 1.81 bits per heavy atom. The minimum Gasteiger partial charge on any atom is -0.330 e. The van der Waals surface area contributed by atoms with Crippen molar-refractivity contribution >= 4 is 5.78 Å². The van der Waals surface area contributed by atoms with E-state index in [0.717, 1.165) is 6.42 Å². The van der Waals surface area contributed by atoms with Gasteiger partial charge in [-0.2, -0.15) is 0 Å². The predicted molar refractivity (Wildman–Crippen MR) is 81.3 cm³/mol. The summed E-state index contributed by atoms with van der Waals surface area (Å²) >= 11 is 0. The fourth-order valence-corrected chi connectivity index (χ4v) is 2.51. The molecule has 1 atom stereocenters. The van der Waals surface area contributed by atoms with Crippen molar-refractivity contribution in [2.75, 3.05) is 6.54 Å². The van der Waals surface area contributed by atoms with Gasteiger partial charge in [0.2, 0.25) is 0 Å². The summed E-state index contributed by atoms with van der Waals surface area (Å²) in [5.41, 5.74) is 5.70. The zero-order valence-corrected chi connectivity index (χ0v) is 13.3. The number of carbonyl (C=O) groups excluding carboxylic acids is 1. The van der Waals surface area contributed by atoms with Crippen LogP contribution in [0.25, 0.3) is 0 Å². The van der Waals surface area contributed by atoms with Gasteiger partial charge in [-0.1, -0.05) is 26.8 Å². The first kappa shape index (κ1) is 17.8. The summed E-state index contributed by atoms with van der Waals surface area (Å²) in [6.07, 6.45) is 1.66. The highest BCUT2D eigenvalue weighted by Gasteiger charge is 2.25. The topological polar surface area (TPSA) is 43.1 Å². The van der Waals surface area contributed by atoms with Gasteiger partial charge in [0.05, 0.1) is 5.56 Å². The molecular formula is C17H25F2NO. The first-order chi connectivity index (χ1) is 9.68. The number of benzene rings is 1. The van der Waals surface area contributed by atoms with Crippen LogP contribution in [0.1, 0.15) is 56.0 Å². The molecule has 0 fully saturated rings. The highest BCUT2D eigenvalue weighted by atomic mass is 19.2. The normalized spacial score (nSPS) is 13.3. The molecule has 0 heterocycles. The van der Waals surface area contributed by atoms with E-state index in [-0.39, 0.29) is 34.7 Å². The summed E-state index contributed by atoms with van der Waals surface area (Å²) in [5.74, 6) is -2.04. The Bertz CT molecular complexity index is 506. The quantitative estimate of drug-likeness (QED) is 0.798. The van der Waals surface area contributed by atoms with Crippen LogP contribution in [0.5, 0.6) is 0 Å². The Balaban J connectivity index is 2.80. The zero-order valence-electron chi connectivity index (χ0n) is 13.3. The van der Waals surface area contributed by atoms with Crippen molar-refractivity contribution in [3.05, 3.63) is 34.9 Å². The third kappa shape index (κ3) is 4.60. The molecule has 0 saturated carbocycles. The van der Waals surface area contributed by atoms with Crippen LogP contribution in [0.3, 0.4) is 0 Å². The molecule has 1 aromatic rings. The van der Waals surface area contributed by atoms with Gasteiger partial charge in [-0.3, -0.25) is 4.79 Å². The number of hydrogen-bond donors (Lipinski definition) is 1. The lowest BCUT2D eigenvalue weighted by Crippen LogP contribution is -2.24. The SMILES string of the molecule is Cc1ccc(C(=O)CCC(CCN)C(C)(C)C)c(F)c1F. The molecule has 0 spiro atoms. The number of hydrogen-bond acceptors (Lipinski definition) is 2. The first-order valence-electron chi connectivity index (χ1n) is 7.36. The highest BCUT2D eigenvalue weighted by Crippen LogP contribution is 2.32. The van der Waals surface area contributed by atoms with Crippen LogP contribution in [-0.2, 0) is 0 Å². The van der Waals surface area contributed by atoms with E-state index < -0.39 is 11.6 Å². The maximum Gasteiger partial charge on any atom is 0.169 e. The number of rotatable bonds is 6. The first-order valence-corrected chi connectivity index (χ1v) is 7.36. The lowest BCUT2D eigenvalue weighted by atomic mass is 9.75. The summed E-state index contributed by atoms with van der Waals surface area (Å²) in [6, 6.07) is 2.80. The monoisotopic (exact) mass is 297 g/mol. The molecule has 0 aliphatic heterocycles. The molecule has 0 aromatic heterocycles. The lowest BCUT2D eigenvalue weighted by molar-refractivity contribution is 0.0953. The van der Waals surface area contributed by atoms with Gasteiger partial charge in [-0.05, 0) is 49.3 Å². The van der Waals surface area contributed by atoms with E-state index in [1.54, 1.807) is 0 Å². The van der Waals surface area contributed by atoms with E-state index in [1.807, 2.05) is 0 Å². The second-order valence-electron chi connectivity index (χ2n) is 6.66. The Kier molecular flexibility index (Phi) is 6.02. The van der Waals surface area contributed by atoms with Crippen molar-refractivity contribution in [2.45, 2.75) is 47.0 Å². The molecule has 2 nitrogen and oxygen atoms in total. The predicted octanol–water partition coefficient (Wildman–Crippen LogP) is 4.25. The molecule has 0 bridgehead atoms. The molecule has 1 rings (SSSR count). The average Bonchev–Trinajstić information content (AvgIpc) is 2.39. The number of aryl methyl sites for hydroxylation is 1. The van der Waals surface area contributed by atoms with Crippen molar-refractivity contribution < 1.29 is 13.6 Å². The maximum atomic E-state index is 13.8. The molecule has 0 aliphatic carbocycles. The van der Waals surface area contributed by atoms with Crippen LogP contribution in [-0.4, -0.2) is 12.3 Å². The minimum absolute atomic E-state index is 0.0384. The number of halogens is 2. The van der Waals surface area contributed by atoms with Crippen molar-refractivity contribution in [1.82, 2.24) is 0 Å². The van der Waals surface area contributed by atoms with Crippen molar-refractivity contribution in [2.24, 2.45) is 17.1 Å².